The highest BCUT2D eigenvalue weighted by Gasteiger charge is 2.17. The molecule has 1 atom stereocenters. The van der Waals surface area contributed by atoms with E-state index in [0.29, 0.717) is 0 Å². The van der Waals surface area contributed by atoms with E-state index in [1.165, 1.54) is 0 Å². The summed E-state index contributed by atoms with van der Waals surface area (Å²) in [4.78, 5) is 10.8. The molecule has 4 N–H and O–H groups in total. The number of rotatable bonds is 3. The Morgan fingerprint density at radius 3 is 2.40 bits per heavy atom. The molecule has 0 aromatic heterocycles. The van der Waals surface area contributed by atoms with E-state index >= 15 is 0 Å². The molecule has 0 radical (unpaired) electrons. The molecular formula is C6H14N2O2. The Balaban J connectivity index is 3.71. The zero-order valence-corrected chi connectivity index (χ0v) is 6.33. The van der Waals surface area contributed by atoms with Gasteiger partial charge >= 0.3 is 5.97 Å². The highest BCUT2D eigenvalue weighted by molar-refractivity contribution is 5.75. The van der Waals surface area contributed by atoms with E-state index < -0.39 is 12.0 Å². The Morgan fingerprint density at radius 2 is 2.10 bits per heavy atom. The molecule has 0 saturated carbocycles. The summed E-state index contributed by atoms with van der Waals surface area (Å²) in [7, 11) is 0. The molecule has 0 aromatic carbocycles. The third-order valence-corrected chi connectivity index (χ3v) is 1.22. The van der Waals surface area contributed by atoms with Gasteiger partial charge in [0.2, 0.25) is 0 Å². The van der Waals surface area contributed by atoms with Crippen molar-refractivity contribution in [3.05, 3.63) is 0 Å². The Labute approximate surface area is 60.5 Å². The van der Waals surface area contributed by atoms with Crippen LogP contribution in [0.25, 0.3) is 0 Å². The van der Waals surface area contributed by atoms with E-state index in [1.807, 2.05) is 13.8 Å². The van der Waals surface area contributed by atoms with Gasteiger partial charge in [-0.2, -0.15) is 0 Å². The lowest BCUT2D eigenvalue weighted by atomic mass is 10.1. The van der Waals surface area contributed by atoms with E-state index in [1.54, 1.807) is 0 Å². The van der Waals surface area contributed by atoms with Crippen LogP contribution in [0.3, 0.4) is 0 Å². The van der Waals surface area contributed by atoms with Gasteiger partial charge in [-0.15, -0.1) is 0 Å². The maximum atomic E-state index is 10.8. The lowest BCUT2D eigenvalue weighted by molar-refractivity contribution is -0.146. The van der Waals surface area contributed by atoms with Crippen molar-refractivity contribution in [2.45, 2.75) is 19.9 Å². The zero-order chi connectivity index (χ0) is 8.15. The van der Waals surface area contributed by atoms with Gasteiger partial charge in [0, 0.05) is 0 Å². The summed E-state index contributed by atoms with van der Waals surface area (Å²) in [6.07, 6.45) is 0. The first-order valence-electron chi connectivity index (χ1n) is 3.22. The van der Waals surface area contributed by atoms with Crippen molar-refractivity contribution in [2.24, 2.45) is 17.4 Å². The van der Waals surface area contributed by atoms with Crippen molar-refractivity contribution in [1.29, 1.82) is 0 Å². The predicted octanol–water partition coefficient (Wildman–Crippen LogP) is -0.571. The van der Waals surface area contributed by atoms with Crippen LogP contribution in [0.1, 0.15) is 13.8 Å². The van der Waals surface area contributed by atoms with E-state index in [4.69, 9.17) is 11.5 Å². The minimum atomic E-state index is -0.552. The summed E-state index contributed by atoms with van der Waals surface area (Å²) < 4.78 is 4.48. The first-order chi connectivity index (χ1) is 4.59. The van der Waals surface area contributed by atoms with Gasteiger partial charge in [0.15, 0.2) is 0 Å². The largest absolute Gasteiger partial charge is 0.449 e. The molecule has 0 aliphatic rings. The molecule has 10 heavy (non-hydrogen) atoms. The molecule has 0 aliphatic carbocycles. The first kappa shape index (κ1) is 9.39. The molecule has 0 heterocycles. The number of hydrogen-bond donors (Lipinski definition) is 2. The standard InChI is InChI=1S/C6H14N2O2/c1-4(2)5(8)6(9)10-3-7/h4-5H,3,7-8H2,1-2H3. The smallest absolute Gasteiger partial charge is 0.324 e. The SMILES string of the molecule is CC(C)C(N)C(=O)OCN. The Kier molecular flexibility index (Phi) is 3.99. The maximum absolute atomic E-state index is 10.8. The molecule has 0 rings (SSSR count). The number of ether oxygens (including phenoxy) is 1. The van der Waals surface area contributed by atoms with Gasteiger partial charge in [-0.1, -0.05) is 13.8 Å². The monoisotopic (exact) mass is 146 g/mol. The van der Waals surface area contributed by atoms with Crippen LogP contribution in [0.5, 0.6) is 0 Å². The fourth-order valence-electron chi connectivity index (χ4n) is 0.451. The molecule has 0 fully saturated rings. The third-order valence-electron chi connectivity index (χ3n) is 1.22. The molecule has 0 aliphatic heterocycles. The van der Waals surface area contributed by atoms with Crippen LogP contribution < -0.4 is 11.5 Å². The van der Waals surface area contributed by atoms with Gasteiger partial charge < -0.3 is 10.5 Å². The molecule has 0 saturated heterocycles. The summed E-state index contributed by atoms with van der Waals surface area (Å²) in [6.45, 7) is 3.60. The summed E-state index contributed by atoms with van der Waals surface area (Å²) in [5, 5.41) is 0. The van der Waals surface area contributed by atoms with E-state index in [2.05, 4.69) is 4.74 Å². The highest BCUT2D eigenvalue weighted by atomic mass is 16.5. The average Bonchev–Trinajstić information content (AvgIpc) is 1.87. The van der Waals surface area contributed by atoms with Crippen molar-refractivity contribution in [1.82, 2.24) is 0 Å². The van der Waals surface area contributed by atoms with Gasteiger partial charge in [0.05, 0.1) is 0 Å². The summed E-state index contributed by atoms with van der Waals surface area (Å²) in [5.41, 5.74) is 10.4. The van der Waals surface area contributed by atoms with Crippen molar-refractivity contribution >= 4 is 5.97 Å². The Morgan fingerprint density at radius 1 is 1.60 bits per heavy atom. The van der Waals surface area contributed by atoms with Crippen LogP contribution in [0, 0.1) is 5.92 Å². The topological polar surface area (TPSA) is 78.3 Å². The first-order valence-corrected chi connectivity index (χ1v) is 3.22. The maximum Gasteiger partial charge on any atom is 0.324 e. The molecular weight excluding hydrogens is 132 g/mol. The lowest BCUT2D eigenvalue weighted by Crippen LogP contribution is -2.37. The second kappa shape index (κ2) is 4.24. The van der Waals surface area contributed by atoms with Crippen LogP contribution in [-0.4, -0.2) is 18.7 Å². The minimum absolute atomic E-state index is 0.0963. The second-order valence-corrected chi connectivity index (χ2v) is 2.40. The molecule has 60 valence electrons. The van der Waals surface area contributed by atoms with Gasteiger partial charge in [-0.3, -0.25) is 10.5 Å². The van der Waals surface area contributed by atoms with Crippen LogP contribution in [0.4, 0.5) is 0 Å². The van der Waals surface area contributed by atoms with Crippen molar-refractivity contribution in [3.63, 3.8) is 0 Å². The molecule has 4 nitrogen and oxygen atoms in total. The zero-order valence-electron chi connectivity index (χ0n) is 6.33. The van der Waals surface area contributed by atoms with Gasteiger partial charge in [0.25, 0.3) is 0 Å². The molecule has 4 heteroatoms. The molecule has 0 aromatic rings. The third kappa shape index (κ3) is 2.80. The summed E-state index contributed by atoms with van der Waals surface area (Å²) >= 11 is 0. The number of esters is 1. The van der Waals surface area contributed by atoms with Crippen molar-refractivity contribution in [2.75, 3.05) is 6.73 Å². The van der Waals surface area contributed by atoms with Gasteiger partial charge in [0.1, 0.15) is 12.8 Å². The molecule has 0 amide bonds. The summed E-state index contributed by atoms with van der Waals surface area (Å²) in [6, 6.07) is -0.552. The lowest BCUT2D eigenvalue weighted by Gasteiger charge is -2.12. The molecule has 0 spiro atoms. The quantitative estimate of drug-likeness (QED) is 0.413. The van der Waals surface area contributed by atoms with Crippen LogP contribution in [0.15, 0.2) is 0 Å². The van der Waals surface area contributed by atoms with Crippen LogP contribution >= 0.6 is 0 Å². The Bertz CT molecular complexity index is 114. The van der Waals surface area contributed by atoms with E-state index in [-0.39, 0.29) is 12.6 Å². The van der Waals surface area contributed by atoms with Gasteiger partial charge in [-0.05, 0) is 5.92 Å². The van der Waals surface area contributed by atoms with Crippen LogP contribution in [0.2, 0.25) is 0 Å². The molecule has 1 unspecified atom stereocenters. The number of carbonyl (C=O) groups is 1. The van der Waals surface area contributed by atoms with Crippen LogP contribution in [-0.2, 0) is 9.53 Å². The van der Waals surface area contributed by atoms with Crippen molar-refractivity contribution in [3.8, 4) is 0 Å². The normalized spacial score (nSPS) is 13.3. The van der Waals surface area contributed by atoms with Crippen molar-refractivity contribution < 1.29 is 9.53 Å². The second-order valence-electron chi connectivity index (χ2n) is 2.40. The van der Waals surface area contributed by atoms with E-state index in [9.17, 15) is 4.79 Å². The fraction of sp³-hybridized carbons (Fsp3) is 0.833. The fourth-order valence-corrected chi connectivity index (χ4v) is 0.451. The molecule has 0 bridgehead atoms. The number of hydrogen-bond acceptors (Lipinski definition) is 4. The highest BCUT2D eigenvalue weighted by Crippen LogP contribution is 1.99. The van der Waals surface area contributed by atoms with Gasteiger partial charge in [-0.25, -0.2) is 0 Å². The Hall–Kier alpha value is -0.610. The van der Waals surface area contributed by atoms with E-state index in [0.717, 1.165) is 0 Å². The number of carbonyl (C=O) groups excluding carboxylic acids is 1. The average molecular weight is 146 g/mol. The predicted molar refractivity (Wildman–Crippen MR) is 38.0 cm³/mol. The minimum Gasteiger partial charge on any atom is -0.449 e. The number of nitrogens with two attached hydrogens (primary N) is 2. The summed E-state index contributed by atoms with van der Waals surface area (Å²) in [5.74, 6) is -0.337.